The van der Waals surface area contributed by atoms with Gasteiger partial charge in [-0.2, -0.15) is 0 Å². The van der Waals surface area contributed by atoms with Crippen molar-refractivity contribution in [1.82, 2.24) is 9.88 Å². The molecule has 2 N–H and O–H groups in total. The highest BCUT2D eigenvalue weighted by atomic mass is 16.3. The highest BCUT2D eigenvalue weighted by Gasteiger charge is 2.31. The molecule has 0 bridgehead atoms. The molecule has 3 nitrogen and oxygen atoms in total. The van der Waals surface area contributed by atoms with Crippen molar-refractivity contribution in [2.24, 2.45) is 0 Å². The third-order valence-corrected chi connectivity index (χ3v) is 3.09. The summed E-state index contributed by atoms with van der Waals surface area (Å²) in [4.78, 5) is 0. The van der Waals surface area contributed by atoms with Crippen LogP contribution in [0.25, 0.3) is 0 Å². The fourth-order valence-corrected chi connectivity index (χ4v) is 2.11. The molecule has 1 fully saturated rings. The van der Waals surface area contributed by atoms with Crippen molar-refractivity contribution in [2.45, 2.75) is 32.4 Å². The molecule has 0 aromatic carbocycles. The highest BCUT2D eigenvalue weighted by molar-refractivity contribution is 5.14. The monoisotopic (exact) mass is 194 g/mol. The fourth-order valence-electron chi connectivity index (χ4n) is 2.11. The van der Waals surface area contributed by atoms with Crippen LogP contribution < -0.4 is 5.32 Å². The minimum absolute atomic E-state index is 0.547. The minimum Gasteiger partial charge on any atom is -0.387 e. The number of hydrogen-bond acceptors (Lipinski definition) is 2. The molecule has 1 unspecified atom stereocenters. The number of rotatable bonds is 2. The lowest BCUT2D eigenvalue weighted by Gasteiger charge is -2.24. The molecule has 1 atom stereocenters. The Labute approximate surface area is 84.7 Å². The summed E-state index contributed by atoms with van der Waals surface area (Å²) >= 11 is 0. The number of aromatic nitrogens is 1. The van der Waals surface area contributed by atoms with Crippen molar-refractivity contribution in [3.05, 3.63) is 23.5 Å². The van der Waals surface area contributed by atoms with Crippen molar-refractivity contribution in [3.63, 3.8) is 0 Å². The molecule has 0 radical (unpaired) electrons. The van der Waals surface area contributed by atoms with E-state index >= 15 is 0 Å². The van der Waals surface area contributed by atoms with Gasteiger partial charge in [0, 0.05) is 17.9 Å². The zero-order valence-electron chi connectivity index (χ0n) is 8.88. The Kier molecular flexibility index (Phi) is 2.37. The van der Waals surface area contributed by atoms with E-state index in [1.165, 1.54) is 11.4 Å². The lowest BCUT2D eigenvalue weighted by molar-refractivity contribution is 0.0422. The quantitative estimate of drug-likeness (QED) is 0.731. The first kappa shape index (κ1) is 9.74. The van der Waals surface area contributed by atoms with Crippen LogP contribution >= 0.6 is 0 Å². The van der Waals surface area contributed by atoms with Gasteiger partial charge < -0.3 is 15.0 Å². The van der Waals surface area contributed by atoms with Gasteiger partial charge in [0.25, 0.3) is 0 Å². The van der Waals surface area contributed by atoms with Crippen molar-refractivity contribution in [1.29, 1.82) is 0 Å². The number of nitrogens with zero attached hydrogens (tertiary/aromatic N) is 1. The van der Waals surface area contributed by atoms with Crippen molar-refractivity contribution >= 4 is 0 Å². The van der Waals surface area contributed by atoms with E-state index in [0.29, 0.717) is 13.1 Å². The fraction of sp³-hybridized carbons (Fsp3) is 0.636. The van der Waals surface area contributed by atoms with Gasteiger partial charge in [-0.1, -0.05) is 0 Å². The second-order valence-electron chi connectivity index (χ2n) is 4.35. The number of aryl methyl sites for hydroxylation is 2. The summed E-state index contributed by atoms with van der Waals surface area (Å²) in [5, 5.41) is 13.4. The van der Waals surface area contributed by atoms with Crippen molar-refractivity contribution < 1.29 is 5.11 Å². The number of nitrogens with one attached hydrogen (secondary N) is 1. The number of aliphatic hydroxyl groups is 1. The lowest BCUT2D eigenvalue weighted by Crippen LogP contribution is -2.36. The maximum atomic E-state index is 10.2. The van der Waals surface area contributed by atoms with Gasteiger partial charge >= 0.3 is 0 Å². The third kappa shape index (κ3) is 1.70. The van der Waals surface area contributed by atoms with E-state index in [1.54, 1.807) is 0 Å². The molecular weight excluding hydrogens is 176 g/mol. The van der Waals surface area contributed by atoms with E-state index in [4.69, 9.17) is 0 Å². The highest BCUT2D eigenvalue weighted by Crippen LogP contribution is 2.19. The molecule has 78 valence electrons. The summed E-state index contributed by atoms with van der Waals surface area (Å²) in [6.45, 7) is 6.52. The topological polar surface area (TPSA) is 37.2 Å². The second kappa shape index (κ2) is 3.41. The van der Waals surface area contributed by atoms with Crippen LogP contribution in [-0.2, 0) is 6.54 Å². The second-order valence-corrected chi connectivity index (χ2v) is 4.35. The molecule has 1 aliphatic rings. The van der Waals surface area contributed by atoms with E-state index in [2.05, 4.69) is 35.9 Å². The first-order valence-electron chi connectivity index (χ1n) is 5.17. The molecule has 1 aliphatic heterocycles. The van der Waals surface area contributed by atoms with Crippen LogP contribution in [0.2, 0.25) is 0 Å². The summed E-state index contributed by atoms with van der Waals surface area (Å²) in [6.07, 6.45) is 0.851. The van der Waals surface area contributed by atoms with Gasteiger partial charge in [-0.15, -0.1) is 0 Å². The van der Waals surface area contributed by atoms with Gasteiger partial charge in [0.1, 0.15) is 0 Å². The molecule has 0 saturated carbocycles. The Hall–Kier alpha value is -0.800. The van der Waals surface area contributed by atoms with E-state index < -0.39 is 5.60 Å². The van der Waals surface area contributed by atoms with Gasteiger partial charge in [-0.25, -0.2) is 0 Å². The SMILES string of the molecule is Cc1ccc(C)n1CC1(O)CCNC1. The molecule has 2 heterocycles. The smallest absolute Gasteiger partial charge is 0.0961 e. The zero-order chi connectivity index (χ0) is 10.2. The average molecular weight is 194 g/mol. The van der Waals surface area contributed by atoms with Gasteiger partial charge in [0.05, 0.1) is 12.1 Å². The van der Waals surface area contributed by atoms with E-state index in [-0.39, 0.29) is 0 Å². The molecule has 0 amide bonds. The molecular formula is C11H18N2O. The average Bonchev–Trinajstić information content (AvgIpc) is 2.68. The van der Waals surface area contributed by atoms with Crippen LogP contribution in [0.4, 0.5) is 0 Å². The Bertz CT molecular complexity index is 305. The van der Waals surface area contributed by atoms with Crippen molar-refractivity contribution in [3.8, 4) is 0 Å². The van der Waals surface area contributed by atoms with Gasteiger partial charge in [-0.05, 0) is 38.9 Å². The van der Waals surface area contributed by atoms with Crippen LogP contribution in [0.5, 0.6) is 0 Å². The maximum absolute atomic E-state index is 10.2. The summed E-state index contributed by atoms with van der Waals surface area (Å²) < 4.78 is 2.19. The first-order chi connectivity index (χ1) is 6.61. The van der Waals surface area contributed by atoms with Gasteiger partial charge in [-0.3, -0.25) is 0 Å². The Morgan fingerprint density at radius 1 is 1.43 bits per heavy atom. The summed E-state index contributed by atoms with van der Waals surface area (Å²) in [5.74, 6) is 0. The third-order valence-electron chi connectivity index (χ3n) is 3.09. The van der Waals surface area contributed by atoms with Crippen LogP contribution in [0.15, 0.2) is 12.1 Å². The molecule has 3 heteroatoms. The Morgan fingerprint density at radius 2 is 2.07 bits per heavy atom. The molecule has 1 aromatic heterocycles. The molecule has 0 aliphatic carbocycles. The summed E-state index contributed by atoms with van der Waals surface area (Å²) in [7, 11) is 0. The first-order valence-corrected chi connectivity index (χ1v) is 5.17. The van der Waals surface area contributed by atoms with Crippen LogP contribution in [0.1, 0.15) is 17.8 Å². The van der Waals surface area contributed by atoms with Crippen molar-refractivity contribution in [2.75, 3.05) is 13.1 Å². The number of β-amino-alcohol motifs (C(OH)–C–C–N with tert-alkyl or cyclic N) is 1. The number of hydrogen-bond donors (Lipinski definition) is 2. The normalized spacial score (nSPS) is 27.1. The Morgan fingerprint density at radius 3 is 2.57 bits per heavy atom. The minimum atomic E-state index is -0.547. The van der Waals surface area contributed by atoms with Gasteiger partial charge in [0.15, 0.2) is 0 Å². The standard InChI is InChI=1S/C11H18N2O/c1-9-3-4-10(2)13(9)8-11(14)5-6-12-7-11/h3-4,12,14H,5-8H2,1-2H3. The summed E-state index contributed by atoms with van der Waals surface area (Å²) in [5.41, 5.74) is 1.90. The molecule has 2 rings (SSSR count). The predicted molar refractivity (Wildman–Crippen MR) is 56.3 cm³/mol. The van der Waals surface area contributed by atoms with E-state index in [9.17, 15) is 5.11 Å². The maximum Gasteiger partial charge on any atom is 0.0961 e. The summed E-state index contributed by atoms with van der Waals surface area (Å²) in [6, 6.07) is 4.20. The zero-order valence-corrected chi connectivity index (χ0v) is 8.88. The lowest BCUT2D eigenvalue weighted by atomic mass is 10.0. The van der Waals surface area contributed by atoms with E-state index in [0.717, 1.165) is 13.0 Å². The molecule has 1 aromatic rings. The molecule has 14 heavy (non-hydrogen) atoms. The molecule has 0 spiro atoms. The largest absolute Gasteiger partial charge is 0.387 e. The molecule has 1 saturated heterocycles. The van der Waals surface area contributed by atoms with E-state index in [1.807, 2.05) is 0 Å². The van der Waals surface area contributed by atoms with Crippen LogP contribution in [-0.4, -0.2) is 28.4 Å². The van der Waals surface area contributed by atoms with Gasteiger partial charge in [0.2, 0.25) is 0 Å². The Balaban J connectivity index is 2.17. The predicted octanol–water partition coefficient (Wildman–Crippen LogP) is 0.829. The van der Waals surface area contributed by atoms with Crippen LogP contribution in [0.3, 0.4) is 0 Å². The van der Waals surface area contributed by atoms with Crippen LogP contribution in [0, 0.1) is 13.8 Å².